The summed E-state index contributed by atoms with van der Waals surface area (Å²) in [5, 5.41) is 0. The lowest BCUT2D eigenvalue weighted by molar-refractivity contribution is 0.627. The minimum absolute atomic E-state index is 0.282. The van der Waals surface area contributed by atoms with Crippen molar-refractivity contribution in [1.82, 2.24) is 15.0 Å². The zero-order chi connectivity index (χ0) is 45.5. The highest BCUT2D eigenvalue weighted by molar-refractivity contribution is 5.93. The Kier molecular flexibility index (Phi) is 12.4. The largest absolute Gasteiger partial charge is 0.256 e. The van der Waals surface area contributed by atoms with Crippen molar-refractivity contribution in [3.63, 3.8) is 0 Å². The molecule has 3 nitrogen and oxygen atoms in total. The van der Waals surface area contributed by atoms with Crippen LogP contribution in [0.2, 0.25) is 0 Å². The van der Waals surface area contributed by atoms with Gasteiger partial charge < -0.3 is 0 Å². The highest BCUT2D eigenvalue weighted by atomic mass is 19.1. The molecule has 6 heteroatoms. The van der Waals surface area contributed by atoms with Crippen LogP contribution in [-0.2, 0) is 25.7 Å². The molecule has 0 saturated heterocycles. The van der Waals surface area contributed by atoms with Gasteiger partial charge in [-0.25, -0.2) is 13.2 Å². The molecule has 0 atom stereocenters. The Morgan fingerprint density at radius 1 is 0.284 bits per heavy atom. The van der Waals surface area contributed by atoms with E-state index in [-0.39, 0.29) is 17.5 Å². The van der Waals surface area contributed by atoms with Crippen LogP contribution < -0.4 is 0 Å². The molecular formula is C61H44F3N3. The maximum Gasteiger partial charge on any atom is 0.131 e. The molecule has 3 aromatic heterocycles. The SMILES string of the molecule is Fc1ccc(-c2ccc(CCc3cc(CCc4ccc(-c5ccc(F)cc5)nc4)cc(-c4cccc(F)c4-c4cnc(-c5ccccc5)cc4-c4ccc(-c5ccccc5)cc4)c3)cn2)cc1. The lowest BCUT2D eigenvalue weighted by atomic mass is 9.87. The molecule has 7 aromatic carbocycles. The summed E-state index contributed by atoms with van der Waals surface area (Å²) in [6, 6.07) is 63.6. The molecule has 0 N–H and O–H groups in total. The normalized spacial score (nSPS) is 11.1. The second-order valence-corrected chi connectivity index (χ2v) is 16.7. The van der Waals surface area contributed by atoms with Gasteiger partial charge in [0.2, 0.25) is 0 Å². The van der Waals surface area contributed by atoms with Gasteiger partial charge in [-0.15, -0.1) is 0 Å². The molecule has 0 aliphatic heterocycles. The number of aromatic nitrogens is 3. The van der Waals surface area contributed by atoms with Gasteiger partial charge >= 0.3 is 0 Å². The van der Waals surface area contributed by atoms with Crippen molar-refractivity contribution in [2.24, 2.45) is 0 Å². The van der Waals surface area contributed by atoms with Gasteiger partial charge in [-0.1, -0.05) is 127 Å². The Balaban J connectivity index is 1.02. The first-order valence-electron chi connectivity index (χ1n) is 22.5. The summed E-state index contributed by atoms with van der Waals surface area (Å²) in [6.45, 7) is 0. The Morgan fingerprint density at radius 2 is 0.746 bits per heavy atom. The summed E-state index contributed by atoms with van der Waals surface area (Å²) in [5.74, 6) is -0.896. The number of halogens is 3. The van der Waals surface area contributed by atoms with Gasteiger partial charge in [0.25, 0.3) is 0 Å². The molecule has 0 saturated carbocycles. The van der Waals surface area contributed by atoms with E-state index in [4.69, 9.17) is 15.0 Å². The summed E-state index contributed by atoms with van der Waals surface area (Å²) >= 11 is 0. The average Bonchev–Trinajstić information content (AvgIpc) is 3.38. The maximum atomic E-state index is 16.8. The molecule has 10 aromatic rings. The highest BCUT2D eigenvalue weighted by Gasteiger charge is 2.20. The van der Waals surface area contributed by atoms with Crippen molar-refractivity contribution in [2.75, 3.05) is 0 Å². The van der Waals surface area contributed by atoms with E-state index >= 15 is 4.39 Å². The Labute approximate surface area is 389 Å². The van der Waals surface area contributed by atoms with Crippen molar-refractivity contribution < 1.29 is 13.2 Å². The van der Waals surface area contributed by atoms with Crippen LogP contribution in [0.1, 0.15) is 22.3 Å². The molecule has 0 fully saturated rings. The van der Waals surface area contributed by atoms with E-state index in [1.807, 2.05) is 85.3 Å². The van der Waals surface area contributed by atoms with E-state index in [9.17, 15) is 8.78 Å². The van der Waals surface area contributed by atoms with Crippen LogP contribution >= 0.6 is 0 Å². The number of hydrogen-bond donors (Lipinski definition) is 0. The molecule has 67 heavy (non-hydrogen) atoms. The number of pyridine rings is 3. The fraction of sp³-hybridized carbons (Fsp3) is 0.0656. The zero-order valence-corrected chi connectivity index (χ0v) is 36.6. The topological polar surface area (TPSA) is 38.7 Å². The van der Waals surface area contributed by atoms with Gasteiger partial charge in [-0.2, -0.15) is 0 Å². The molecule has 0 unspecified atom stereocenters. The van der Waals surface area contributed by atoms with Crippen LogP contribution in [0.5, 0.6) is 0 Å². The first-order valence-corrected chi connectivity index (χ1v) is 22.5. The predicted octanol–water partition coefficient (Wildman–Crippen LogP) is 15.5. The van der Waals surface area contributed by atoms with E-state index in [1.54, 1.807) is 30.3 Å². The summed E-state index contributed by atoms with van der Waals surface area (Å²) in [4.78, 5) is 14.4. The third-order valence-corrected chi connectivity index (χ3v) is 12.3. The standard InChI is InChI=1S/C61H44F3N3/c62-52-28-24-49(25-29-52)58-32-18-41(38-65-58)14-16-43-34-44(17-15-42-19-33-59(66-39-42)50-26-30-53(63)31-27-50)36-51(35-43)54-12-7-13-57(64)61(54)56-40-67-60(48-10-5-2-6-11-48)37-55(56)47-22-20-46(21-23-47)45-8-3-1-4-9-45/h1-13,18-40H,14-17H2. The zero-order valence-electron chi connectivity index (χ0n) is 36.6. The van der Waals surface area contributed by atoms with Crippen LogP contribution in [0.4, 0.5) is 13.2 Å². The molecular weight excluding hydrogens is 832 g/mol. The Hall–Kier alpha value is -8.22. The fourth-order valence-corrected chi connectivity index (χ4v) is 8.68. The maximum absolute atomic E-state index is 16.8. The van der Waals surface area contributed by atoms with Crippen LogP contribution in [0.15, 0.2) is 219 Å². The average molecular weight is 876 g/mol. The fourth-order valence-electron chi connectivity index (χ4n) is 8.68. The Bertz CT molecular complexity index is 3150. The lowest BCUT2D eigenvalue weighted by Gasteiger charge is -2.18. The van der Waals surface area contributed by atoms with E-state index in [0.29, 0.717) is 11.1 Å². The monoisotopic (exact) mass is 875 g/mol. The second-order valence-electron chi connectivity index (χ2n) is 16.7. The molecule has 0 radical (unpaired) electrons. The molecule has 0 spiro atoms. The summed E-state index contributed by atoms with van der Waals surface area (Å²) in [7, 11) is 0. The van der Waals surface area contributed by atoms with E-state index in [0.717, 1.165) is 115 Å². The van der Waals surface area contributed by atoms with Crippen LogP contribution in [0.25, 0.3) is 78.3 Å². The second kappa shape index (κ2) is 19.5. The minimum atomic E-state index is -0.333. The van der Waals surface area contributed by atoms with Gasteiger partial charge in [0.05, 0.1) is 17.1 Å². The molecule has 0 amide bonds. The Morgan fingerprint density at radius 3 is 1.28 bits per heavy atom. The molecule has 3 heterocycles. The summed E-state index contributed by atoms with van der Waals surface area (Å²) in [6.07, 6.45) is 8.51. The van der Waals surface area contributed by atoms with Crippen LogP contribution in [0.3, 0.4) is 0 Å². The van der Waals surface area contributed by atoms with Crippen LogP contribution in [-0.4, -0.2) is 15.0 Å². The quantitative estimate of drug-likeness (QED) is 0.116. The third kappa shape index (κ3) is 9.90. The predicted molar refractivity (Wildman–Crippen MR) is 265 cm³/mol. The summed E-state index contributed by atoms with van der Waals surface area (Å²) < 4.78 is 44.1. The van der Waals surface area contributed by atoms with Crippen molar-refractivity contribution in [1.29, 1.82) is 0 Å². The van der Waals surface area contributed by atoms with Gasteiger partial charge in [-0.05, 0) is 154 Å². The van der Waals surface area contributed by atoms with E-state index < -0.39 is 0 Å². The summed E-state index contributed by atoms with van der Waals surface area (Å²) in [5.41, 5.74) is 16.4. The van der Waals surface area contributed by atoms with Crippen molar-refractivity contribution in [3.05, 3.63) is 258 Å². The number of benzene rings is 7. The van der Waals surface area contributed by atoms with Gasteiger partial charge in [0.15, 0.2) is 0 Å². The smallest absolute Gasteiger partial charge is 0.131 e. The van der Waals surface area contributed by atoms with Gasteiger partial charge in [-0.3, -0.25) is 15.0 Å². The first-order chi connectivity index (χ1) is 32.9. The highest BCUT2D eigenvalue weighted by Crippen LogP contribution is 2.42. The number of aryl methyl sites for hydroxylation is 4. The molecule has 0 aliphatic carbocycles. The molecule has 0 aliphatic rings. The van der Waals surface area contributed by atoms with Gasteiger partial charge in [0.1, 0.15) is 17.5 Å². The molecule has 10 rings (SSSR count). The lowest BCUT2D eigenvalue weighted by Crippen LogP contribution is -2.00. The molecule has 324 valence electrons. The van der Waals surface area contributed by atoms with E-state index in [2.05, 4.69) is 72.8 Å². The van der Waals surface area contributed by atoms with Gasteiger partial charge in [0, 0.05) is 46.4 Å². The molecule has 0 bridgehead atoms. The van der Waals surface area contributed by atoms with Crippen LogP contribution in [0, 0.1) is 17.5 Å². The van der Waals surface area contributed by atoms with Crippen molar-refractivity contribution >= 4 is 0 Å². The first kappa shape index (κ1) is 42.7. The number of nitrogens with zero attached hydrogens (tertiary/aromatic N) is 3. The van der Waals surface area contributed by atoms with E-state index in [1.165, 1.54) is 30.3 Å². The number of hydrogen-bond acceptors (Lipinski definition) is 3. The van der Waals surface area contributed by atoms with Crippen molar-refractivity contribution in [2.45, 2.75) is 25.7 Å². The number of rotatable bonds is 13. The third-order valence-electron chi connectivity index (χ3n) is 12.3. The van der Waals surface area contributed by atoms with Crippen molar-refractivity contribution in [3.8, 4) is 78.3 Å². The minimum Gasteiger partial charge on any atom is -0.256 e.